The first-order valence-corrected chi connectivity index (χ1v) is 14.9. The molecule has 0 atom stereocenters. The van der Waals surface area contributed by atoms with Gasteiger partial charge in [-0.2, -0.15) is 0 Å². The summed E-state index contributed by atoms with van der Waals surface area (Å²) in [6, 6.07) is 12.3. The first-order valence-electron chi connectivity index (χ1n) is 14.9. The van der Waals surface area contributed by atoms with E-state index in [4.69, 9.17) is 0 Å². The normalized spacial score (nSPS) is 18.3. The van der Waals surface area contributed by atoms with Crippen LogP contribution in [-0.4, -0.2) is 115 Å². The minimum absolute atomic E-state index is 0.208. The summed E-state index contributed by atoms with van der Waals surface area (Å²) < 4.78 is 2.29. The molecule has 2 fully saturated rings. The number of hydrogen-bond donors (Lipinski definition) is 0. The quantitative estimate of drug-likeness (QED) is 0.345. The summed E-state index contributed by atoms with van der Waals surface area (Å²) in [4.78, 5) is 35.9. The van der Waals surface area contributed by atoms with E-state index in [-0.39, 0.29) is 11.6 Å². The Labute approximate surface area is 233 Å². The number of aryl methyl sites for hydroxylation is 1. The molecule has 0 N–H and O–H groups in total. The minimum atomic E-state index is 0.208. The van der Waals surface area contributed by atoms with Crippen molar-refractivity contribution in [3.8, 4) is 0 Å². The van der Waals surface area contributed by atoms with Crippen LogP contribution in [0.3, 0.4) is 0 Å². The molecule has 2 aliphatic rings. The second-order valence-electron chi connectivity index (χ2n) is 11.6. The van der Waals surface area contributed by atoms with Gasteiger partial charge in [0.15, 0.2) is 11.6 Å². The van der Waals surface area contributed by atoms with E-state index in [1.54, 1.807) is 0 Å². The lowest BCUT2D eigenvalue weighted by molar-refractivity contribution is 0.0959. The second kappa shape index (κ2) is 12.7. The van der Waals surface area contributed by atoms with Gasteiger partial charge in [-0.1, -0.05) is 0 Å². The zero-order chi connectivity index (χ0) is 27.4. The summed E-state index contributed by atoms with van der Waals surface area (Å²) in [5, 5.41) is 2.15. The number of fused-ring (bicyclic) bond motifs is 3. The van der Waals surface area contributed by atoms with Crippen molar-refractivity contribution >= 4 is 33.4 Å². The third kappa shape index (κ3) is 6.60. The van der Waals surface area contributed by atoms with Gasteiger partial charge in [0.1, 0.15) is 0 Å². The maximum atomic E-state index is 13.1. The van der Waals surface area contributed by atoms with Gasteiger partial charge in [0.25, 0.3) is 0 Å². The van der Waals surface area contributed by atoms with Crippen LogP contribution in [0.25, 0.3) is 21.8 Å². The van der Waals surface area contributed by atoms with Crippen LogP contribution in [0.1, 0.15) is 53.3 Å². The van der Waals surface area contributed by atoms with Gasteiger partial charge in [-0.25, -0.2) is 0 Å². The molecule has 0 spiro atoms. The number of benzene rings is 2. The molecule has 0 amide bonds. The van der Waals surface area contributed by atoms with Gasteiger partial charge in [-0.15, -0.1) is 0 Å². The monoisotopic (exact) mass is 531 g/mol. The first-order chi connectivity index (χ1) is 18.9. The number of aromatic nitrogens is 1. The highest BCUT2D eigenvalue weighted by Gasteiger charge is 2.18. The van der Waals surface area contributed by atoms with Crippen molar-refractivity contribution in [2.24, 2.45) is 0 Å². The lowest BCUT2D eigenvalue weighted by atomic mass is 10.0. The summed E-state index contributed by atoms with van der Waals surface area (Å²) >= 11 is 0. The van der Waals surface area contributed by atoms with Crippen molar-refractivity contribution in [1.82, 2.24) is 24.2 Å². The molecule has 0 radical (unpaired) electrons. The molecule has 7 nitrogen and oxygen atoms in total. The molecular weight excluding hydrogens is 486 g/mol. The third-order valence-electron chi connectivity index (χ3n) is 8.77. The summed E-state index contributed by atoms with van der Waals surface area (Å²) in [6.07, 6.45) is 2.93. The van der Waals surface area contributed by atoms with Crippen LogP contribution in [0.4, 0.5) is 0 Å². The standard InChI is InChI=1S/C32H45N5O2/c1-4-37-29-11-9-25(31(38)7-5-13-35-19-15-33(2)16-20-35)23-27(29)28-24-26(10-12-30(28)37)32(39)8-6-14-36-21-17-34(3)18-22-36/h9-12,23-24H,4-8,13-22H2,1-3H3. The SMILES string of the molecule is CCn1c2ccc(C(=O)CCCN3CCN(C)CC3)cc2c2cc(C(=O)CCCN3CCN(C)CC3)ccc21. The molecule has 3 heterocycles. The van der Waals surface area contributed by atoms with E-state index >= 15 is 0 Å². The lowest BCUT2D eigenvalue weighted by Gasteiger charge is -2.32. The van der Waals surface area contributed by atoms with Crippen molar-refractivity contribution < 1.29 is 9.59 Å². The van der Waals surface area contributed by atoms with Crippen LogP contribution in [0.15, 0.2) is 36.4 Å². The van der Waals surface area contributed by atoms with Crippen molar-refractivity contribution in [2.75, 3.05) is 79.5 Å². The molecule has 0 saturated carbocycles. The number of piperazine rings is 2. The van der Waals surface area contributed by atoms with Gasteiger partial charge in [-0.3, -0.25) is 9.59 Å². The highest BCUT2D eigenvalue weighted by molar-refractivity contribution is 6.13. The highest BCUT2D eigenvalue weighted by Crippen LogP contribution is 2.31. The molecule has 5 rings (SSSR count). The Hall–Kier alpha value is -2.58. The molecule has 0 aliphatic carbocycles. The van der Waals surface area contributed by atoms with Crippen LogP contribution in [0, 0.1) is 0 Å². The Morgan fingerprint density at radius 3 is 1.44 bits per heavy atom. The van der Waals surface area contributed by atoms with Crippen LogP contribution < -0.4 is 0 Å². The number of likely N-dealkylation sites (N-methyl/N-ethyl adjacent to an activating group) is 2. The number of rotatable bonds is 11. The first kappa shape index (κ1) is 28.0. The van der Waals surface area contributed by atoms with E-state index in [1.165, 1.54) is 0 Å². The van der Waals surface area contributed by atoms with E-state index in [0.29, 0.717) is 12.8 Å². The largest absolute Gasteiger partial charge is 0.341 e. The van der Waals surface area contributed by atoms with Crippen LogP contribution in [0.5, 0.6) is 0 Å². The Morgan fingerprint density at radius 1 is 0.641 bits per heavy atom. The molecule has 39 heavy (non-hydrogen) atoms. The molecule has 7 heteroatoms. The van der Waals surface area contributed by atoms with Gasteiger partial charge < -0.3 is 24.2 Å². The van der Waals surface area contributed by atoms with Gasteiger partial charge in [-0.05, 0) is 83.3 Å². The Morgan fingerprint density at radius 2 is 1.05 bits per heavy atom. The zero-order valence-corrected chi connectivity index (χ0v) is 24.1. The zero-order valence-electron chi connectivity index (χ0n) is 24.1. The molecule has 2 aliphatic heterocycles. The average Bonchev–Trinajstić information content (AvgIpc) is 3.27. The smallest absolute Gasteiger partial charge is 0.162 e. The number of nitrogens with zero attached hydrogens (tertiary/aromatic N) is 5. The maximum Gasteiger partial charge on any atom is 0.162 e. The fourth-order valence-electron chi connectivity index (χ4n) is 6.15. The van der Waals surface area contributed by atoms with Crippen LogP contribution in [0.2, 0.25) is 0 Å². The Balaban J connectivity index is 1.27. The van der Waals surface area contributed by atoms with E-state index in [2.05, 4.69) is 69.5 Å². The van der Waals surface area contributed by atoms with Crippen molar-refractivity contribution in [1.29, 1.82) is 0 Å². The van der Waals surface area contributed by atoms with Gasteiger partial charge in [0, 0.05) is 105 Å². The maximum absolute atomic E-state index is 13.1. The number of carbonyl (C=O) groups excluding carboxylic acids is 2. The summed E-state index contributed by atoms with van der Waals surface area (Å²) in [5.41, 5.74) is 3.81. The summed E-state index contributed by atoms with van der Waals surface area (Å²) in [7, 11) is 4.34. The molecule has 1 aromatic heterocycles. The molecule has 3 aromatic rings. The number of hydrogen-bond acceptors (Lipinski definition) is 6. The van der Waals surface area contributed by atoms with Crippen LogP contribution in [-0.2, 0) is 6.54 Å². The molecule has 210 valence electrons. The van der Waals surface area contributed by atoms with E-state index < -0.39 is 0 Å². The molecular formula is C32H45N5O2. The third-order valence-corrected chi connectivity index (χ3v) is 8.77. The van der Waals surface area contributed by atoms with E-state index in [1.807, 2.05) is 12.1 Å². The topological polar surface area (TPSA) is 52.0 Å². The Bertz CT molecular complexity index is 1200. The van der Waals surface area contributed by atoms with Gasteiger partial charge in [0.05, 0.1) is 0 Å². The van der Waals surface area contributed by atoms with E-state index in [9.17, 15) is 9.59 Å². The minimum Gasteiger partial charge on any atom is -0.341 e. The van der Waals surface area contributed by atoms with Gasteiger partial charge >= 0.3 is 0 Å². The highest BCUT2D eigenvalue weighted by atomic mass is 16.1. The summed E-state index contributed by atoms with van der Waals surface area (Å²) in [5.74, 6) is 0.416. The Kier molecular flexibility index (Phi) is 9.13. The number of carbonyl (C=O) groups is 2. The lowest BCUT2D eigenvalue weighted by Crippen LogP contribution is -2.44. The molecule has 2 saturated heterocycles. The van der Waals surface area contributed by atoms with E-state index in [0.717, 1.165) is 118 Å². The molecule has 0 unspecified atom stereocenters. The van der Waals surface area contributed by atoms with Gasteiger partial charge in [0.2, 0.25) is 0 Å². The fourth-order valence-corrected chi connectivity index (χ4v) is 6.15. The predicted molar refractivity (Wildman–Crippen MR) is 160 cm³/mol. The molecule has 0 bridgehead atoms. The number of ketones is 2. The summed E-state index contributed by atoms with van der Waals surface area (Å²) in [6.45, 7) is 13.7. The predicted octanol–water partition coefficient (Wildman–Crippen LogP) is 4.24. The average molecular weight is 532 g/mol. The van der Waals surface area contributed by atoms with Crippen molar-refractivity contribution in [2.45, 2.75) is 39.2 Å². The van der Waals surface area contributed by atoms with Crippen LogP contribution >= 0.6 is 0 Å². The number of Topliss-reactive ketones (excluding diaryl/α,β-unsaturated/α-hetero) is 2. The molecule has 2 aromatic carbocycles. The van der Waals surface area contributed by atoms with Crippen molar-refractivity contribution in [3.05, 3.63) is 47.5 Å². The fraction of sp³-hybridized carbons (Fsp3) is 0.562. The van der Waals surface area contributed by atoms with Crippen molar-refractivity contribution in [3.63, 3.8) is 0 Å². The second-order valence-corrected chi connectivity index (χ2v) is 11.6.